The molecule has 8 heteroatoms. The molecule has 1 saturated heterocycles. The van der Waals surface area contributed by atoms with Gasteiger partial charge in [0.25, 0.3) is 5.91 Å². The lowest BCUT2D eigenvalue weighted by molar-refractivity contribution is -0.142. The van der Waals surface area contributed by atoms with E-state index in [-0.39, 0.29) is 23.1 Å². The first-order chi connectivity index (χ1) is 10.8. The van der Waals surface area contributed by atoms with Crippen molar-refractivity contribution >= 4 is 21.9 Å². The molecule has 23 heavy (non-hydrogen) atoms. The summed E-state index contributed by atoms with van der Waals surface area (Å²) in [6.07, 6.45) is 1.56. The van der Waals surface area contributed by atoms with Gasteiger partial charge in [-0.3, -0.25) is 4.79 Å². The maximum Gasteiger partial charge on any atom is 0.329 e. The predicted octanol–water partition coefficient (Wildman–Crippen LogP) is 0.585. The van der Waals surface area contributed by atoms with Crippen LogP contribution in [0.25, 0.3) is 0 Å². The fourth-order valence-corrected chi connectivity index (χ4v) is 3.22. The largest absolute Gasteiger partial charge is 0.461 e. The third-order valence-electron chi connectivity index (χ3n) is 3.30. The topological polar surface area (TPSA) is 102 Å². The molecule has 1 heterocycles. The van der Waals surface area contributed by atoms with E-state index in [0.717, 1.165) is 0 Å². The van der Waals surface area contributed by atoms with Crippen molar-refractivity contribution in [3.63, 3.8) is 0 Å². The van der Waals surface area contributed by atoms with Gasteiger partial charge in [0.1, 0.15) is 12.1 Å². The average molecular weight is 338 g/mol. The molecule has 0 aliphatic carbocycles. The van der Waals surface area contributed by atoms with E-state index in [9.17, 15) is 18.0 Å². The summed E-state index contributed by atoms with van der Waals surface area (Å²) >= 11 is 0. The first kappa shape index (κ1) is 17.2. The first-order valence-corrected chi connectivity index (χ1v) is 8.54. The Morgan fingerprint density at radius 1 is 1.48 bits per heavy atom. The van der Waals surface area contributed by atoms with Crippen LogP contribution in [-0.2, 0) is 19.6 Å². The number of carbonyl (C=O) groups excluding carboxylic acids is 2. The van der Waals surface area contributed by atoms with Gasteiger partial charge in [-0.2, -0.15) is 0 Å². The van der Waals surface area contributed by atoms with Gasteiger partial charge in [0.15, 0.2) is 0 Å². The fourth-order valence-electron chi connectivity index (χ4n) is 2.17. The lowest BCUT2D eigenvalue weighted by atomic mass is 10.1. The predicted molar refractivity (Wildman–Crippen MR) is 83.3 cm³/mol. The number of cyclic esters (lactones) is 1. The van der Waals surface area contributed by atoms with E-state index in [1.165, 1.54) is 30.3 Å². The maximum atomic E-state index is 12.2. The van der Waals surface area contributed by atoms with Crippen molar-refractivity contribution in [3.8, 4) is 0 Å². The second kappa shape index (κ2) is 6.93. The Morgan fingerprint density at radius 2 is 2.22 bits per heavy atom. The highest BCUT2D eigenvalue weighted by atomic mass is 32.2. The maximum absolute atomic E-state index is 12.2. The second-order valence-corrected chi connectivity index (χ2v) is 6.94. The lowest BCUT2D eigenvalue weighted by Gasteiger charge is -2.10. The van der Waals surface area contributed by atoms with E-state index in [1.807, 2.05) is 0 Å². The highest BCUT2D eigenvalue weighted by Gasteiger charge is 2.33. The van der Waals surface area contributed by atoms with Gasteiger partial charge in [-0.15, -0.1) is 6.58 Å². The molecule has 2 N–H and O–H groups in total. The summed E-state index contributed by atoms with van der Waals surface area (Å²) in [5.74, 6) is -1.01. The Balaban J connectivity index is 2.14. The summed E-state index contributed by atoms with van der Waals surface area (Å²) < 4.78 is 31.4. The van der Waals surface area contributed by atoms with E-state index in [0.29, 0.717) is 6.42 Å². The standard InChI is InChI=1S/C15H18N2O5S/c1-3-7-16-23(20,21)12-6-4-5-11(9-12)14(18)17-13-8-10(2)22-15(13)19/h3-6,9-10,13,16H,1,7-8H2,2H3,(H,17,18)/t10-,13-/m1/s1. The van der Waals surface area contributed by atoms with Gasteiger partial charge in [-0.25, -0.2) is 17.9 Å². The van der Waals surface area contributed by atoms with Gasteiger partial charge < -0.3 is 10.1 Å². The number of rotatable bonds is 6. The zero-order valence-corrected chi connectivity index (χ0v) is 13.4. The van der Waals surface area contributed by atoms with Gasteiger partial charge in [0, 0.05) is 18.5 Å². The molecule has 2 rings (SSSR count). The molecule has 0 aromatic heterocycles. The van der Waals surface area contributed by atoms with Gasteiger partial charge in [0.05, 0.1) is 4.90 Å². The summed E-state index contributed by atoms with van der Waals surface area (Å²) in [5.41, 5.74) is 0.152. The quantitative estimate of drug-likeness (QED) is 0.584. The smallest absolute Gasteiger partial charge is 0.329 e. The molecule has 0 radical (unpaired) electrons. The summed E-state index contributed by atoms with van der Waals surface area (Å²) in [5, 5.41) is 2.55. The summed E-state index contributed by atoms with van der Waals surface area (Å²) in [4.78, 5) is 23.7. The number of carbonyl (C=O) groups is 2. The highest BCUT2D eigenvalue weighted by molar-refractivity contribution is 7.89. The third kappa shape index (κ3) is 4.17. The van der Waals surface area contributed by atoms with Crippen molar-refractivity contribution in [1.29, 1.82) is 0 Å². The van der Waals surface area contributed by atoms with E-state index >= 15 is 0 Å². The zero-order valence-electron chi connectivity index (χ0n) is 12.6. The van der Waals surface area contributed by atoms with Crippen LogP contribution in [0.4, 0.5) is 0 Å². The monoisotopic (exact) mass is 338 g/mol. The summed E-state index contributed by atoms with van der Waals surface area (Å²) in [6, 6.07) is 4.87. The van der Waals surface area contributed by atoms with Crippen LogP contribution < -0.4 is 10.0 Å². The van der Waals surface area contributed by atoms with Crippen LogP contribution in [0.15, 0.2) is 41.8 Å². The molecule has 1 aliphatic heterocycles. The Hall–Kier alpha value is -2.19. The van der Waals surface area contributed by atoms with Crippen LogP contribution in [0.3, 0.4) is 0 Å². The first-order valence-electron chi connectivity index (χ1n) is 7.05. The average Bonchev–Trinajstić information content (AvgIpc) is 2.83. The Bertz CT molecular complexity index is 729. The van der Waals surface area contributed by atoms with Crippen molar-refractivity contribution in [3.05, 3.63) is 42.5 Å². The number of benzene rings is 1. The van der Waals surface area contributed by atoms with Crippen molar-refractivity contribution in [2.24, 2.45) is 0 Å². The minimum absolute atomic E-state index is 0.0330. The van der Waals surface area contributed by atoms with Crippen LogP contribution in [-0.4, -0.2) is 39.0 Å². The molecule has 1 fully saturated rings. The molecular formula is C15H18N2O5S. The minimum Gasteiger partial charge on any atom is -0.461 e. The van der Waals surface area contributed by atoms with Gasteiger partial charge in [0.2, 0.25) is 10.0 Å². The Kier molecular flexibility index (Phi) is 5.17. The third-order valence-corrected chi connectivity index (χ3v) is 4.72. The Morgan fingerprint density at radius 3 is 2.83 bits per heavy atom. The molecule has 1 amide bonds. The number of nitrogens with one attached hydrogen (secondary N) is 2. The molecule has 1 aliphatic rings. The van der Waals surface area contributed by atoms with Crippen LogP contribution >= 0.6 is 0 Å². The molecule has 0 bridgehead atoms. The summed E-state index contributed by atoms with van der Waals surface area (Å²) in [7, 11) is -3.72. The number of esters is 1. The molecule has 0 unspecified atom stereocenters. The van der Waals surface area contributed by atoms with Crippen molar-refractivity contribution < 1.29 is 22.7 Å². The molecule has 0 spiro atoms. The van der Waals surface area contributed by atoms with Crippen LogP contribution in [0.2, 0.25) is 0 Å². The van der Waals surface area contributed by atoms with Gasteiger partial charge in [-0.05, 0) is 25.1 Å². The molecule has 1 aromatic rings. The fraction of sp³-hybridized carbons (Fsp3) is 0.333. The lowest BCUT2D eigenvalue weighted by Crippen LogP contribution is -2.38. The number of hydrogen-bond donors (Lipinski definition) is 2. The van der Waals surface area contributed by atoms with Crippen LogP contribution in [0.1, 0.15) is 23.7 Å². The van der Waals surface area contributed by atoms with E-state index in [2.05, 4.69) is 16.6 Å². The molecule has 124 valence electrons. The van der Waals surface area contributed by atoms with Crippen LogP contribution in [0, 0.1) is 0 Å². The summed E-state index contributed by atoms with van der Waals surface area (Å²) in [6.45, 7) is 5.27. The van der Waals surface area contributed by atoms with Gasteiger partial charge >= 0.3 is 5.97 Å². The van der Waals surface area contributed by atoms with E-state index in [1.54, 1.807) is 6.92 Å². The zero-order chi connectivity index (χ0) is 17.0. The minimum atomic E-state index is -3.72. The molecule has 7 nitrogen and oxygen atoms in total. The van der Waals surface area contributed by atoms with Crippen LogP contribution in [0.5, 0.6) is 0 Å². The molecular weight excluding hydrogens is 320 g/mol. The van der Waals surface area contributed by atoms with Crippen molar-refractivity contribution in [1.82, 2.24) is 10.0 Å². The van der Waals surface area contributed by atoms with Gasteiger partial charge in [-0.1, -0.05) is 12.1 Å². The number of hydrogen-bond acceptors (Lipinski definition) is 5. The molecule has 2 atom stereocenters. The molecule has 1 aromatic carbocycles. The van der Waals surface area contributed by atoms with E-state index < -0.39 is 27.9 Å². The van der Waals surface area contributed by atoms with E-state index in [4.69, 9.17) is 4.74 Å². The SMILES string of the molecule is C=CCNS(=O)(=O)c1cccc(C(=O)N[C@@H]2C[C@@H](C)OC2=O)c1. The normalized spacial score (nSPS) is 20.8. The Labute approximate surface area is 134 Å². The van der Waals surface area contributed by atoms with Crippen molar-refractivity contribution in [2.45, 2.75) is 30.4 Å². The number of amides is 1. The second-order valence-electron chi connectivity index (χ2n) is 5.18. The number of ether oxygens (including phenoxy) is 1. The van der Waals surface area contributed by atoms with Crippen molar-refractivity contribution in [2.75, 3.05) is 6.54 Å². The highest BCUT2D eigenvalue weighted by Crippen LogP contribution is 2.16. The molecule has 0 saturated carbocycles. The number of sulfonamides is 1.